The van der Waals surface area contributed by atoms with Crippen molar-refractivity contribution < 1.29 is 28.9 Å². The minimum Gasteiger partial charge on any atom is -1.00 e. The third-order valence-electron chi connectivity index (χ3n) is 2.27. The molecule has 1 nitrogen and oxygen atoms in total. The second-order valence-corrected chi connectivity index (χ2v) is 4.06. The molecule has 0 amide bonds. The number of nitrogens with one attached hydrogen (secondary N) is 1. The summed E-state index contributed by atoms with van der Waals surface area (Å²) in [5.41, 5.74) is 0.497. The van der Waals surface area contributed by atoms with E-state index in [0.717, 1.165) is 0 Å². The zero-order valence-corrected chi connectivity index (χ0v) is 9.36. The van der Waals surface area contributed by atoms with Gasteiger partial charge in [-0.1, -0.05) is 0 Å². The molecule has 0 saturated carbocycles. The lowest BCUT2D eigenvalue weighted by molar-refractivity contribution is -0.935. The lowest BCUT2D eigenvalue weighted by atomic mass is 10.1. The van der Waals surface area contributed by atoms with Crippen molar-refractivity contribution in [2.75, 3.05) is 13.1 Å². The molecule has 1 aliphatic heterocycles. The van der Waals surface area contributed by atoms with Crippen LogP contribution in [0.15, 0.2) is 0 Å². The third-order valence-corrected chi connectivity index (χ3v) is 2.27. The highest BCUT2D eigenvalue weighted by atomic mass is 127. The summed E-state index contributed by atoms with van der Waals surface area (Å²) in [7, 11) is 0. The molecule has 1 heterocycles. The molecule has 1 saturated heterocycles. The van der Waals surface area contributed by atoms with Crippen LogP contribution in [0.4, 0.5) is 0 Å². The molecule has 0 aromatic rings. The fraction of sp³-hybridized carbons (Fsp3) is 1.00. The molecule has 0 atom stereocenters. The molecule has 0 aromatic heterocycles. The maximum absolute atomic E-state index is 2.33. The summed E-state index contributed by atoms with van der Waals surface area (Å²) in [6, 6.07) is 0. The van der Waals surface area contributed by atoms with E-state index in [-0.39, 0.29) is 24.0 Å². The quantitative estimate of drug-likeness (QED) is 0.455. The van der Waals surface area contributed by atoms with Gasteiger partial charge in [0.15, 0.2) is 0 Å². The summed E-state index contributed by atoms with van der Waals surface area (Å²) in [5, 5.41) is 0. The standard InChI is InChI=1S/C8H17N.HI/c1-8(2,3)9-6-4-5-7-9;/h4-7H2,1-3H3;1H. The Labute approximate surface area is 81.2 Å². The van der Waals surface area contributed by atoms with Gasteiger partial charge in [0, 0.05) is 12.8 Å². The summed E-state index contributed by atoms with van der Waals surface area (Å²) in [6.07, 6.45) is 2.87. The first kappa shape index (κ1) is 10.7. The number of rotatable bonds is 0. The Bertz CT molecular complexity index is 89.9. The highest BCUT2D eigenvalue weighted by Crippen LogP contribution is 1.98. The second kappa shape index (κ2) is 3.90. The van der Waals surface area contributed by atoms with Crippen LogP contribution in [-0.2, 0) is 0 Å². The molecular formula is C8H18IN. The van der Waals surface area contributed by atoms with Crippen molar-refractivity contribution in [3.63, 3.8) is 0 Å². The first-order valence-electron chi connectivity index (χ1n) is 3.96. The lowest BCUT2D eigenvalue weighted by Crippen LogP contribution is -3.17. The Morgan fingerprint density at radius 2 is 1.40 bits per heavy atom. The molecule has 0 spiro atoms. The average Bonchev–Trinajstić information content (AvgIpc) is 2.08. The van der Waals surface area contributed by atoms with Crippen molar-refractivity contribution in [3.05, 3.63) is 0 Å². The highest BCUT2D eigenvalue weighted by molar-refractivity contribution is 4.59. The molecule has 10 heavy (non-hydrogen) atoms. The molecule has 62 valence electrons. The SMILES string of the molecule is CC(C)(C)[NH+]1CCCC1.[I-]. The fourth-order valence-corrected chi connectivity index (χ4v) is 1.55. The van der Waals surface area contributed by atoms with Gasteiger partial charge in [-0.05, 0) is 20.8 Å². The van der Waals surface area contributed by atoms with Crippen LogP contribution in [0.5, 0.6) is 0 Å². The number of quaternary nitrogens is 1. The normalized spacial score (nSPS) is 20.7. The number of likely N-dealkylation sites (tertiary alicyclic amines) is 1. The Balaban J connectivity index is 0.000000810. The van der Waals surface area contributed by atoms with E-state index in [4.69, 9.17) is 0 Å². The molecule has 0 aromatic carbocycles. The largest absolute Gasteiger partial charge is 1.00 e. The summed E-state index contributed by atoms with van der Waals surface area (Å²) in [6.45, 7) is 9.77. The predicted octanol–water partition coefficient (Wildman–Crippen LogP) is -2.53. The summed E-state index contributed by atoms with van der Waals surface area (Å²) >= 11 is 0. The van der Waals surface area contributed by atoms with Crippen molar-refractivity contribution in [1.82, 2.24) is 0 Å². The first-order chi connectivity index (χ1) is 4.11. The number of hydrogen-bond acceptors (Lipinski definition) is 0. The Morgan fingerprint density at radius 3 is 1.60 bits per heavy atom. The van der Waals surface area contributed by atoms with Crippen molar-refractivity contribution in [1.29, 1.82) is 0 Å². The highest BCUT2D eigenvalue weighted by Gasteiger charge is 2.27. The van der Waals surface area contributed by atoms with E-state index in [2.05, 4.69) is 20.8 Å². The number of hydrogen-bond donors (Lipinski definition) is 1. The van der Waals surface area contributed by atoms with E-state index in [0.29, 0.717) is 5.54 Å². The molecule has 0 unspecified atom stereocenters. The molecule has 1 fully saturated rings. The molecule has 0 radical (unpaired) electrons. The van der Waals surface area contributed by atoms with Gasteiger partial charge in [0.2, 0.25) is 0 Å². The van der Waals surface area contributed by atoms with E-state index in [1.165, 1.54) is 25.9 Å². The van der Waals surface area contributed by atoms with Crippen molar-refractivity contribution >= 4 is 0 Å². The van der Waals surface area contributed by atoms with E-state index >= 15 is 0 Å². The van der Waals surface area contributed by atoms with Crippen LogP contribution in [0, 0.1) is 0 Å². The Kier molecular flexibility index (Phi) is 4.17. The van der Waals surface area contributed by atoms with Crippen molar-refractivity contribution in [3.8, 4) is 0 Å². The van der Waals surface area contributed by atoms with Crippen LogP contribution in [0.25, 0.3) is 0 Å². The Hall–Kier alpha value is 0.690. The van der Waals surface area contributed by atoms with E-state index in [1.807, 2.05) is 0 Å². The monoisotopic (exact) mass is 255 g/mol. The zero-order valence-electron chi connectivity index (χ0n) is 7.21. The van der Waals surface area contributed by atoms with Crippen LogP contribution in [0.3, 0.4) is 0 Å². The van der Waals surface area contributed by atoms with Gasteiger partial charge in [-0.3, -0.25) is 0 Å². The Morgan fingerprint density at radius 1 is 1.00 bits per heavy atom. The summed E-state index contributed by atoms with van der Waals surface area (Å²) < 4.78 is 0. The van der Waals surface area contributed by atoms with Crippen LogP contribution in [0.2, 0.25) is 0 Å². The molecule has 1 N–H and O–H groups in total. The van der Waals surface area contributed by atoms with Gasteiger partial charge in [-0.2, -0.15) is 0 Å². The van der Waals surface area contributed by atoms with Gasteiger partial charge >= 0.3 is 0 Å². The first-order valence-corrected chi connectivity index (χ1v) is 3.96. The molecular weight excluding hydrogens is 237 g/mol. The van der Waals surface area contributed by atoms with Gasteiger partial charge in [0.05, 0.1) is 18.6 Å². The van der Waals surface area contributed by atoms with E-state index in [1.54, 1.807) is 4.90 Å². The molecule has 1 aliphatic rings. The van der Waals surface area contributed by atoms with Gasteiger partial charge in [-0.25, -0.2) is 0 Å². The smallest absolute Gasteiger partial charge is 0.0891 e. The van der Waals surface area contributed by atoms with Gasteiger partial charge in [-0.15, -0.1) is 0 Å². The molecule has 2 heteroatoms. The molecule has 0 aliphatic carbocycles. The summed E-state index contributed by atoms with van der Waals surface area (Å²) in [5.74, 6) is 0. The number of halogens is 1. The zero-order chi connectivity index (χ0) is 6.91. The topological polar surface area (TPSA) is 4.44 Å². The van der Waals surface area contributed by atoms with E-state index in [9.17, 15) is 0 Å². The average molecular weight is 255 g/mol. The van der Waals surface area contributed by atoms with Crippen molar-refractivity contribution in [2.24, 2.45) is 0 Å². The molecule has 0 bridgehead atoms. The van der Waals surface area contributed by atoms with Crippen LogP contribution in [0.1, 0.15) is 33.6 Å². The molecule has 1 rings (SSSR count). The van der Waals surface area contributed by atoms with Crippen LogP contribution >= 0.6 is 0 Å². The van der Waals surface area contributed by atoms with Crippen LogP contribution in [-0.4, -0.2) is 18.6 Å². The van der Waals surface area contributed by atoms with Crippen LogP contribution < -0.4 is 28.9 Å². The minimum absolute atomic E-state index is 0. The fourth-order valence-electron chi connectivity index (χ4n) is 1.55. The second-order valence-electron chi connectivity index (χ2n) is 4.06. The third kappa shape index (κ3) is 2.74. The maximum Gasteiger partial charge on any atom is 0.0891 e. The predicted molar refractivity (Wildman–Crippen MR) is 39.7 cm³/mol. The lowest BCUT2D eigenvalue weighted by Gasteiger charge is -2.27. The van der Waals surface area contributed by atoms with Crippen molar-refractivity contribution in [2.45, 2.75) is 39.2 Å². The summed E-state index contributed by atoms with van der Waals surface area (Å²) in [4.78, 5) is 1.78. The minimum atomic E-state index is 0. The maximum atomic E-state index is 2.33. The van der Waals surface area contributed by atoms with E-state index < -0.39 is 0 Å². The van der Waals surface area contributed by atoms with Gasteiger partial charge in [0.25, 0.3) is 0 Å². The van der Waals surface area contributed by atoms with Gasteiger partial charge in [0.1, 0.15) is 0 Å². The van der Waals surface area contributed by atoms with Gasteiger partial charge < -0.3 is 28.9 Å².